The Labute approximate surface area is 104 Å². The van der Waals surface area contributed by atoms with E-state index >= 15 is 0 Å². The molecule has 1 aromatic heterocycles. The van der Waals surface area contributed by atoms with Crippen molar-refractivity contribution in [3.8, 4) is 0 Å². The normalized spacial score (nSPS) is 12.7. The Kier molecular flexibility index (Phi) is 3.45. The van der Waals surface area contributed by atoms with E-state index in [0.717, 1.165) is 12.1 Å². The summed E-state index contributed by atoms with van der Waals surface area (Å²) in [5.74, 6) is -0.456. The van der Waals surface area contributed by atoms with Gasteiger partial charge in [0.1, 0.15) is 5.82 Å². The second kappa shape index (κ2) is 4.85. The maximum atomic E-state index is 13.3. The van der Waals surface area contributed by atoms with Gasteiger partial charge in [0.05, 0.1) is 17.3 Å². The second-order valence-corrected chi connectivity index (χ2v) is 4.19. The van der Waals surface area contributed by atoms with Crippen LogP contribution < -0.4 is 5.73 Å². The number of hydrogen-bond donors (Lipinski definition) is 1. The molecule has 0 aliphatic heterocycles. The summed E-state index contributed by atoms with van der Waals surface area (Å²) in [7, 11) is 0. The third-order valence-corrected chi connectivity index (χ3v) is 2.95. The Morgan fingerprint density at radius 2 is 2.24 bits per heavy atom. The third kappa shape index (κ3) is 2.48. The van der Waals surface area contributed by atoms with Crippen LogP contribution in [0.2, 0.25) is 5.02 Å². The molecule has 0 bridgehead atoms. The van der Waals surface area contributed by atoms with Crippen molar-refractivity contribution in [2.24, 2.45) is 5.73 Å². The van der Waals surface area contributed by atoms with Crippen molar-refractivity contribution in [1.29, 1.82) is 0 Å². The minimum absolute atomic E-state index is 0.102. The highest BCUT2D eigenvalue weighted by atomic mass is 35.5. The van der Waals surface area contributed by atoms with Crippen LogP contribution in [-0.2, 0) is 6.54 Å². The van der Waals surface area contributed by atoms with E-state index in [1.54, 1.807) is 16.9 Å². The topological polar surface area (TPSA) is 43.8 Å². The van der Waals surface area contributed by atoms with Gasteiger partial charge in [-0.3, -0.25) is 4.68 Å². The molecule has 5 heteroatoms. The van der Waals surface area contributed by atoms with Crippen LogP contribution in [0.4, 0.5) is 4.39 Å². The minimum Gasteiger partial charge on any atom is -0.320 e. The fourth-order valence-corrected chi connectivity index (χ4v) is 1.73. The number of hydrogen-bond acceptors (Lipinski definition) is 2. The van der Waals surface area contributed by atoms with Gasteiger partial charge in [0.25, 0.3) is 0 Å². The molecule has 2 rings (SSSR count). The van der Waals surface area contributed by atoms with E-state index in [9.17, 15) is 4.39 Å². The summed E-state index contributed by atoms with van der Waals surface area (Å²) in [6.07, 6.45) is 3.55. The van der Waals surface area contributed by atoms with Crippen molar-refractivity contribution < 1.29 is 4.39 Å². The number of benzene rings is 1. The number of aromatic nitrogens is 2. The van der Waals surface area contributed by atoms with E-state index in [-0.39, 0.29) is 11.1 Å². The van der Waals surface area contributed by atoms with Crippen LogP contribution in [0.25, 0.3) is 0 Å². The van der Waals surface area contributed by atoms with Gasteiger partial charge in [-0.15, -0.1) is 0 Å². The average Bonchev–Trinajstić information content (AvgIpc) is 2.80. The van der Waals surface area contributed by atoms with Crippen molar-refractivity contribution in [3.63, 3.8) is 0 Å². The SMILES string of the molecule is CCn1cc([C@@H](N)c2ccc(Cl)c(F)c2)cn1. The van der Waals surface area contributed by atoms with Crippen LogP contribution in [0, 0.1) is 5.82 Å². The highest BCUT2D eigenvalue weighted by Crippen LogP contribution is 2.23. The second-order valence-electron chi connectivity index (χ2n) is 3.78. The molecular formula is C12H13ClFN3. The van der Waals surface area contributed by atoms with E-state index < -0.39 is 5.82 Å². The van der Waals surface area contributed by atoms with Gasteiger partial charge in [0, 0.05) is 18.3 Å². The third-order valence-electron chi connectivity index (χ3n) is 2.64. The predicted molar refractivity (Wildman–Crippen MR) is 65.3 cm³/mol. The maximum absolute atomic E-state index is 13.3. The van der Waals surface area contributed by atoms with E-state index in [1.165, 1.54) is 12.1 Å². The molecule has 0 aliphatic carbocycles. The molecule has 0 saturated carbocycles. The van der Waals surface area contributed by atoms with Gasteiger partial charge < -0.3 is 5.73 Å². The lowest BCUT2D eigenvalue weighted by molar-refractivity contribution is 0.624. The van der Waals surface area contributed by atoms with E-state index in [1.807, 2.05) is 13.1 Å². The molecule has 0 unspecified atom stereocenters. The molecule has 2 aromatic rings. The molecule has 0 saturated heterocycles. The van der Waals surface area contributed by atoms with Crippen LogP contribution in [0.15, 0.2) is 30.6 Å². The first-order chi connectivity index (χ1) is 8.11. The summed E-state index contributed by atoms with van der Waals surface area (Å²) in [6.45, 7) is 2.77. The molecule has 90 valence electrons. The molecule has 0 fully saturated rings. The molecule has 0 radical (unpaired) electrons. The largest absolute Gasteiger partial charge is 0.320 e. The minimum atomic E-state index is -0.456. The number of aryl methyl sites for hydroxylation is 1. The number of nitrogens with zero attached hydrogens (tertiary/aromatic N) is 2. The fourth-order valence-electron chi connectivity index (χ4n) is 1.61. The molecule has 0 spiro atoms. The van der Waals surface area contributed by atoms with Gasteiger partial charge in [-0.1, -0.05) is 17.7 Å². The lowest BCUT2D eigenvalue weighted by Crippen LogP contribution is -2.11. The van der Waals surface area contributed by atoms with Crippen molar-refractivity contribution in [2.75, 3.05) is 0 Å². The lowest BCUT2D eigenvalue weighted by Gasteiger charge is -2.10. The zero-order valence-corrected chi connectivity index (χ0v) is 10.2. The monoisotopic (exact) mass is 253 g/mol. The Bertz CT molecular complexity index is 524. The van der Waals surface area contributed by atoms with Gasteiger partial charge in [-0.25, -0.2) is 4.39 Å². The number of nitrogens with two attached hydrogens (primary N) is 1. The number of rotatable bonds is 3. The molecule has 1 atom stereocenters. The van der Waals surface area contributed by atoms with Crippen LogP contribution in [0.3, 0.4) is 0 Å². The van der Waals surface area contributed by atoms with Gasteiger partial charge in [0.15, 0.2) is 0 Å². The molecule has 17 heavy (non-hydrogen) atoms. The molecule has 1 aromatic carbocycles. The van der Waals surface area contributed by atoms with Crippen molar-refractivity contribution in [3.05, 3.63) is 52.6 Å². The van der Waals surface area contributed by atoms with Crippen molar-refractivity contribution in [1.82, 2.24) is 9.78 Å². The van der Waals surface area contributed by atoms with E-state index in [4.69, 9.17) is 17.3 Å². The van der Waals surface area contributed by atoms with Gasteiger partial charge in [-0.2, -0.15) is 5.10 Å². The molecule has 1 heterocycles. The standard InChI is InChI=1S/C12H13ClFN3/c1-2-17-7-9(6-16-17)12(15)8-3-4-10(13)11(14)5-8/h3-7,12H,2,15H2,1H3/t12-/m0/s1. The Balaban J connectivity index is 2.29. The van der Waals surface area contributed by atoms with Gasteiger partial charge in [-0.05, 0) is 24.6 Å². The average molecular weight is 254 g/mol. The fraction of sp³-hybridized carbons (Fsp3) is 0.250. The summed E-state index contributed by atoms with van der Waals surface area (Å²) < 4.78 is 15.1. The highest BCUT2D eigenvalue weighted by Gasteiger charge is 2.12. The molecular weight excluding hydrogens is 241 g/mol. The van der Waals surface area contributed by atoms with E-state index in [2.05, 4.69) is 5.10 Å². The van der Waals surface area contributed by atoms with Crippen LogP contribution >= 0.6 is 11.6 Å². The quantitative estimate of drug-likeness (QED) is 0.914. The van der Waals surface area contributed by atoms with Gasteiger partial charge in [0.2, 0.25) is 0 Å². The van der Waals surface area contributed by atoms with Crippen LogP contribution in [0.5, 0.6) is 0 Å². The first kappa shape index (κ1) is 12.1. The molecule has 0 aliphatic rings. The van der Waals surface area contributed by atoms with E-state index in [0.29, 0.717) is 5.56 Å². The summed E-state index contributed by atoms with van der Waals surface area (Å²) >= 11 is 5.63. The molecule has 0 amide bonds. The summed E-state index contributed by atoms with van der Waals surface area (Å²) in [4.78, 5) is 0. The first-order valence-electron chi connectivity index (χ1n) is 5.34. The number of halogens is 2. The zero-order chi connectivity index (χ0) is 12.4. The maximum Gasteiger partial charge on any atom is 0.142 e. The summed E-state index contributed by atoms with van der Waals surface area (Å²) in [5.41, 5.74) is 7.58. The first-order valence-corrected chi connectivity index (χ1v) is 5.72. The van der Waals surface area contributed by atoms with Crippen molar-refractivity contribution in [2.45, 2.75) is 19.5 Å². The zero-order valence-electron chi connectivity index (χ0n) is 9.40. The Hall–Kier alpha value is -1.39. The summed E-state index contributed by atoms with van der Waals surface area (Å²) in [5, 5.41) is 4.24. The molecule has 3 nitrogen and oxygen atoms in total. The smallest absolute Gasteiger partial charge is 0.142 e. The summed E-state index contributed by atoms with van der Waals surface area (Å²) in [6, 6.07) is 4.20. The Morgan fingerprint density at radius 3 is 2.82 bits per heavy atom. The van der Waals surface area contributed by atoms with Crippen LogP contribution in [-0.4, -0.2) is 9.78 Å². The Morgan fingerprint density at radius 1 is 1.47 bits per heavy atom. The lowest BCUT2D eigenvalue weighted by atomic mass is 10.0. The van der Waals surface area contributed by atoms with Crippen LogP contribution in [0.1, 0.15) is 24.1 Å². The predicted octanol–water partition coefficient (Wildman–Crippen LogP) is 2.74. The van der Waals surface area contributed by atoms with Crippen molar-refractivity contribution >= 4 is 11.6 Å². The van der Waals surface area contributed by atoms with Gasteiger partial charge >= 0.3 is 0 Å². The molecule has 2 N–H and O–H groups in total. The highest BCUT2D eigenvalue weighted by molar-refractivity contribution is 6.30.